The number of primary amides is 1. The average molecular weight is 314 g/mol. The molecule has 0 aromatic heterocycles. The number of ether oxygens (including phenoxy) is 1. The molecular weight excluding hydrogens is 294 g/mol. The molecule has 6 heteroatoms. The van der Waals surface area contributed by atoms with Gasteiger partial charge in [-0.15, -0.1) is 0 Å². The Balaban J connectivity index is 1.92. The lowest BCUT2D eigenvalue weighted by atomic mass is 10.1. The van der Waals surface area contributed by atoms with Crippen molar-refractivity contribution in [1.29, 1.82) is 0 Å². The molecule has 0 heterocycles. The molecule has 0 bridgehead atoms. The van der Waals surface area contributed by atoms with Gasteiger partial charge in [0.25, 0.3) is 5.91 Å². The highest BCUT2D eigenvalue weighted by Gasteiger charge is 2.24. The summed E-state index contributed by atoms with van der Waals surface area (Å²) in [5.74, 6) is 0.335. The molecule has 0 aliphatic carbocycles. The van der Waals surface area contributed by atoms with Crippen LogP contribution in [-0.4, -0.2) is 25.1 Å². The number of carbonyl (C=O) groups is 2. The first kappa shape index (κ1) is 16.5. The highest BCUT2D eigenvalue weighted by molar-refractivity contribution is 5.96. The molecule has 0 aliphatic heterocycles. The Morgan fingerprint density at radius 2 is 1.65 bits per heavy atom. The lowest BCUT2D eigenvalue weighted by Gasteiger charge is -2.15. The second-order valence-electron chi connectivity index (χ2n) is 4.93. The minimum Gasteiger partial charge on any atom is -0.488 e. The van der Waals surface area contributed by atoms with E-state index in [4.69, 9.17) is 10.5 Å². The molecule has 6 nitrogen and oxygen atoms in total. The first-order valence-corrected chi connectivity index (χ1v) is 7.33. The van der Waals surface area contributed by atoms with Crippen molar-refractivity contribution in [3.8, 4) is 5.75 Å². The van der Waals surface area contributed by atoms with Crippen LogP contribution in [0.15, 0.2) is 60.7 Å². The van der Waals surface area contributed by atoms with Crippen molar-refractivity contribution in [2.75, 3.05) is 13.2 Å². The fourth-order valence-electron chi connectivity index (χ4n) is 2.18. The maximum atomic E-state index is 12.1. The van der Waals surface area contributed by atoms with Gasteiger partial charge < -0.3 is 15.8 Å². The number of imide groups is 1. The predicted octanol–water partition coefficient (Wildman–Crippen LogP) is 0.565. The molecule has 0 unspecified atom stereocenters. The van der Waals surface area contributed by atoms with Gasteiger partial charge in [0.1, 0.15) is 18.9 Å². The van der Waals surface area contributed by atoms with Gasteiger partial charge in [-0.05, 0) is 12.1 Å². The highest BCUT2D eigenvalue weighted by atomic mass is 16.5. The Morgan fingerprint density at radius 3 is 2.26 bits per heavy atom. The van der Waals surface area contributed by atoms with Crippen molar-refractivity contribution in [2.24, 2.45) is 5.73 Å². The smallest absolute Gasteiger partial charge is 0.319 e. The predicted molar refractivity (Wildman–Crippen MR) is 85.6 cm³/mol. The van der Waals surface area contributed by atoms with Crippen molar-refractivity contribution in [3.63, 3.8) is 0 Å². The summed E-state index contributed by atoms with van der Waals surface area (Å²) in [6, 6.07) is 17.3. The number of hydrogen-bond acceptors (Lipinski definition) is 3. The number of nitrogens with one attached hydrogen (secondary N) is 1. The van der Waals surface area contributed by atoms with E-state index >= 15 is 0 Å². The molecule has 0 saturated carbocycles. The molecule has 23 heavy (non-hydrogen) atoms. The summed E-state index contributed by atoms with van der Waals surface area (Å²) in [7, 11) is 0. The van der Waals surface area contributed by atoms with E-state index in [2.05, 4.69) is 5.32 Å². The summed E-state index contributed by atoms with van der Waals surface area (Å²) in [6.07, 6.45) is 0. The van der Waals surface area contributed by atoms with Crippen molar-refractivity contribution in [2.45, 2.75) is 6.04 Å². The molecule has 2 aromatic rings. The molecule has 2 rings (SSSR count). The second kappa shape index (κ2) is 8.55. The third-order valence-corrected chi connectivity index (χ3v) is 3.22. The zero-order chi connectivity index (χ0) is 16.5. The third kappa shape index (κ3) is 5.44. The van der Waals surface area contributed by atoms with E-state index in [1.807, 2.05) is 66.0 Å². The normalized spacial score (nSPS) is 11.5. The SMILES string of the molecule is NC(=O)NC(=O)[C@H]([NH2+]CCOc1ccccc1)c1ccccc1. The maximum absolute atomic E-state index is 12.1. The van der Waals surface area contributed by atoms with E-state index in [-0.39, 0.29) is 0 Å². The molecule has 2 aromatic carbocycles. The summed E-state index contributed by atoms with van der Waals surface area (Å²) in [6.45, 7) is 0.998. The van der Waals surface area contributed by atoms with Gasteiger partial charge in [-0.2, -0.15) is 0 Å². The van der Waals surface area contributed by atoms with Crippen molar-refractivity contribution in [1.82, 2.24) is 5.32 Å². The average Bonchev–Trinajstić information content (AvgIpc) is 2.56. The maximum Gasteiger partial charge on any atom is 0.319 e. The summed E-state index contributed by atoms with van der Waals surface area (Å²) < 4.78 is 5.60. The minimum absolute atomic E-state index is 0.441. The number of para-hydroxylation sites is 1. The van der Waals surface area contributed by atoms with E-state index < -0.39 is 18.0 Å². The van der Waals surface area contributed by atoms with Crippen molar-refractivity contribution in [3.05, 3.63) is 66.2 Å². The summed E-state index contributed by atoms with van der Waals surface area (Å²) in [5.41, 5.74) is 5.83. The topological polar surface area (TPSA) is 98.0 Å². The van der Waals surface area contributed by atoms with Gasteiger partial charge in [0, 0.05) is 5.56 Å². The van der Waals surface area contributed by atoms with E-state index in [1.54, 1.807) is 0 Å². The first-order valence-electron chi connectivity index (χ1n) is 7.33. The monoisotopic (exact) mass is 314 g/mol. The fourth-order valence-corrected chi connectivity index (χ4v) is 2.18. The fraction of sp³-hybridized carbons (Fsp3) is 0.176. The molecule has 0 fully saturated rings. The molecule has 0 spiro atoms. The quantitative estimate of drug-likeness (QED) is 0.651. The van der Waals surface area contributed by atoms with Gasteiger partial charge in [-0.25, -0.2) is 4.79 Å². The zero-order valence-corrected chi connectivity index (χ0v) is 12.6. The number of benzene rings is 2. The van der Waals surface area contributed by atoms with Gasteiger partial charge in [-0.3, -0.25) is 10.1 Å². The zero-order valence-electron chi connectivity index (χ0n) is 12.6. The summed E-state index contributed by atoms with van der Waals surface area (Å²) >= 11 is 0. The first-order chi connectivity index (χ1) is 11.2. The van der Waals surface area contributed by atoms with Crippen LogP contribution in [-0.2, 0) is 4.79 Å². The van der Waals surface area contributed by atoms with Crippen LogP contribution in [0.25, 0.3) is 0 Å². The largest absolute Gasteiger partial charge is 0.488 e. The summed E-state index contributed by atoms with van der Waals surface area (Å²) in [5, 5.41) is 3.94. The molecular formula is C17H20N3O3+. The van der Waals surface area contributed by atoms with Crippen molar-refractivity contribution < 1.29 is 19.6 Å². The molecule has 1 atom stereocenters. The van der Waals surface area contributed by atoms with Crippen LogP contribution >= 0.6 is 0 Å². The summed E-state index contributed by atoms with van der Waals surface area (Å²) in [4.78, 5) is 23.0. The van der Waals surface area contributed by atoms with Gasteiger partial charge in [0.05, 0.1) is 0 Å². The Hall–Kier alpha value is -2.86. The third-order valence-electron chi connectivity index (χ3n) is 3.22. The van der Waals surface area contributed by atoms with E-state index in [1.165, 1.54) is 0 Å². The Bertz CT molecular complexity index is 632. The van der Waals surface area contributed by atoms with Crippen LogP contribution in [0.4, 0.5) is 4.79 Å². The lowest BCUT2D eigenvalue weighted by molar-refractivity contribution is -0.683. The van der Waals surface area contributed by atoms with E-state index in [0.29, 0.717) is 13.2 Å². The number of amides is 3. The van der Waals surface area contributed by atoms with Gasteiger partial charge in [-0.1, -0.05) is 48.5 Å². The second-order valence-corrected chi connectivity index (χ2v) is 4.93. The van der Waals surface area contributed by atoms with Gasteiger partial charge in [0.15, 0.2) is 6.04 Å². The Morgan fingerprint density at radius 1 is 1.04 bits per heavy atom. The standard InChI is InChI=1S/C17H19N3O3/c18-17(22)20-16(21)15(13-7-3-1-4-8-13)19-11-12-23-14-9-5-2-6-10-14/h1-10,15,19H,11-12H2,(H3,18,20,21,22)/p+1/t15-/m1/s1. The minimum atomic E-state index is -0.857. The van der Waals surface area contributed by atoms with Crippen LogP contribution in [0.2, 0.25) is 0 Å². The molecule has 120 valence electrons. The number of rotatable bonds is 7. The van der Waals surface area contributed by atoms with Crippen LogP contribution in [0.5, 0.6) is 5.75 Å². The lowest BCUT2D eigenvalue weighted by Crippen LogP contribution is -2.88. The Kier molecular flexibility index (Phi) is 6.14. The van der Waals surface area contributed by atoms with Gasteiger partial charge in [0.2, 0.25) is 0 Å². The van der Waals surface area contributed by atoms with E-state index in [9.17, 15) is 9.59 Å². The molecule has 3 amide bonds. The number of urea groups is 1. The Labute approximate surface area is 134 Å². The van der Waals surface area contributed by atoms with Crippen LogP contribution in [0, 0.1) is 0 Å². The number of quaternary nitrogens is 1. The molecule has 0 aliphatic rings. The van der Waals surface area contributed by atoms with Crippen LogP contribution < -0.4 is 21.1 Å². The van der Waals surface area contributed by atoms with Crippen LogP contribution in [0.3, 0.4) is 0 Å². The number of hydrogen-bond donors (Lipinski definition) is 3. The number of nitrogens with two attached hydrogens (primary N) is 2. The van der Waals surface area contributed by atoms with Crippen molar-refractivity contribution >= 4 is 11.9 Å². The van der Waals surface area contributed by atoms with E-state index in [0.717, 1.165) is 11.3 Å². The highest BCUT2D eigenvalue weighted by Crippen LogP contribution is 2.09. The molecule has 5 N–H and O–H groups in total. The molecule has 0 radical (unpaired) electrons. The number of carbonyl (C=O) groups excluding carboxylic acids is 2. The van der Waals surface area contributed by atoms with Gasteiger partial charge >= 0.3 is 6.03 Å². The van der Waals surface area contributed by atoms with Crippen LogP contribution in [0.1, 0.15) is 11.6 Å². The molecule has 0 saturated heterocycles.